The quantitative estimate of drug-likeness (QED) is 0.258. The lowest BCUT2D eigenvalue weighted by molar-refractivity contribution is -0.113. The Kier molecular flexibility index (Phi) is 8.77. The fraction of sp³-hybridized carbons (Fsp3) is 0.200. The molecular weight excluding hydrogens is 552 g/mol. The highest BCUT2D eigenvalue weighted by molar-refractivity contribution is 7.99. The van der Waals surface area contributed by atoms with Crippen molar-refractivity contribution >= 4 is 87.3 Å². The van der Waals surface area contributed by atoms with Gasteiger partial charge in [-0.15, -0.1) is 10.2 Å². The Morgan fingerprint density at radius 1 is 0.970 bits per heavy atom. The van der Waals surface area contributed by atoms with Crippen LogP contribution in [0.1, 0.15) is 29.1 Å². The molecule has 2 N–H and O–H groups in total. The van der Waals surface area contributed by atoms with Crippen molar-refractivity contribution in [2.24, 2.45) is 7.05 Å². The predicted molar refractivity (Wildman–Crippen MR) is 134 cm³/mol. The smallest absolute Gasteiger partial charge is 0.251 e. The van der Waals surface area contributed by atoms with E-state index in [1.165, 1.54) is 30.0 Å². The van der Waals surface area contributed by atoms with Crippen LogP contribution in [-0.4, -0.2) is 32.3 Å². The van der Waals surface area contributed by atoms with Crippen molar-refractivity contribution in [2.45, 2.75) is 18.1 Å². The SMILES string of the molecule is C[C@@H](NC(=O)c1ccc(Cl)c(Cl)c1)c1nnc(SCC(=O)Nc2cc(Cl)c(Cl)cc2Cl)n1C. The van der Waals surface area contributed by atoms with Crippen LogP contribution in [0.15, 0.2) is 35.5 Å². The number of thioether (sulfide) groups is 1. The summed E-state index contributed by atoms with van der Waals surface area (Å²) in [5, 5.41) is 15.7. The molecule has 3 aromatic rings. The predicted octanol–water partition coefficient (Wildman–Crippen LogP) is 6.30. The van der Waals surface area contributed by atoms with Gasteiger partial charge in [-0.3, -0.25) is 9.59 Å². The number of benzene rings is 2. The second-order valence-corrected chi connectivity index (χ2v) is 9.79. The first-order valence-electron chi connectivity index (χ1n) is 9.29. The summed E-state index contributed by atoms with van der Waals surface area (Å²) in [6, 6.07) is 7.10. The highest BCUT2D eigenvalue weighted by Gasteiger charge is 2.20. The molecule has 13 heteroatoms. The van der Waals surface area contributed by atoms with E-state index in [1.807, 2.05) is 0 Å². The number of carbonyl (C=O) groups excluding carboxylic acids is 2. The topological polar surface area (TPSA) is 88.9 Å². The lowest BCUT2D eigenvalue weighted by atomic mass is 10.2. The molecule has 2 amide bonds. The third-order valence-electron chi connectivity index (χ3n) is 4.40. The number of hydrogen-bond donors (Lipinski definition) is 2. The average molecular weight is 568 g/mol. The number of hydrogen-bond acceptors (Lipinski definition) is 5. The van der Waals surface area contributed by atoms with Crippen LogP contribution in [0.3, 0.4) is 0 Å². The highest BCUT2D eigenvalue weighted by atomic mass is 35.5. The number of amides is 2. The van der Waals surface area contributed by atoms with Gasteiger partial charge >= 0.3 is 0 Å². The Hall–Kier alpha value is -1.68. The van der Waals surface area contributed by atoms with Crippen molar-refractivity contribution in [3.63, 3.8) is 0 Å². The lowest BCUT2D eigenvalue weighted by Crippen LogP contribution is -2.28. The maximum Gasteiger partial charge on any atom is 0.251 e. The maximum absolute atomic E-state index is 12.5. The molecule has 1 heterocycles. The lowest BCUT2D eigenvalue weighted by Gasteiger charge is -2.14. The third kappa shape index (κ3) is 6.47. The molecule has 0 saturated carbocycles. The molecule has 1 atom stereocenters. The van der Waals surface area contributed by atoms with Gasteiger partial charge in [0, 0.05) is 12.6 Å². The molecule has 174 valence electrons. The summed E-state index contributed by atoms with van der Waals surface area (Å²) in [5.41, 5.74) is 0.722. The molecule has 0 spiro atoms. The molecule has 0 fully saturated rings. The molecule has 0 aliphatic rings. The first-order valence-corrected chi connectivity index (χ1v) is 12.2. The summed E-state index contributed by atoms with van der Waals surface area (Å²) >= 11 is 31.0. The van der Waals surface area contributed by atoms with Gasteiger partial charge in [0.25, 0.3) is 5.91 Å². The molecule has 2 aromatic carbocycles. The van der Waals surface area contributed by atoms with Gasteiger partial charge in [0.2, 0.25) is 5.91 Å². The zero-order chi connectivity index (χ0) is 24.3. The van der Waals surface area contributed by atoms with Crippen LogP contribution < -0.4 is 10.6 Å². The second-order valence-electron chi connectivity index (χ2n) is 6.81. The molecule has 0 aliphatic heterocycles. The van der Waals surface area contributed by atoms with Crippen molar-refractivity contribution in [2.75, 3.05) is 11.1 Å². The minimum Gasteiger partial charge on any atom is -0.342 e. The monoisotopic (exact) mass is 565 g/mol. The molecule has 0 saturated heterocycles. The van der Waals surface area contributed by atoms with E-state index in [-0.39, 0.29) is 32.6 Å². The van der Waals surface area contributed by atoms with Crippen LogP contribution in [0.4, 0.5) is 5.69 Å². The minimum atomic E-state index is -0.456. The Morgan fingerprint density at radius 3 is 2.33 bits per heavy atom. The fourth-order valence-corrected chi connectivity index (χ4v) is 4.36. The first-order chi connectivity index (χ1) is 15.6. The van der Waals surface area contributed by atoms with E-state index < -0.39 is 6.04 Å². The number of nitrogens with one attached hydrogen (secondary N) is 2. The number of anilines is 1. The number of rotatable bonds is 7. The minimum absolute atomic E-state index is 0.0482. The van der Waals surface area contributed by atoms with E-state index in [9.17, 15) is 9.59 Å². The number of halogens is 5. The average Bonchev–Trinajstić information content (AvgIpc) is 3.12. The van der Waals surface area contributed by atoms with Crippen LogP contribution in [0.25, 0.3) is 0 Å². The van der Waals surface area contributed by atoms with Crippen molar-refractivity contribution in [3.05, 3.63) is 66.8 Å². The number of aromatic nitrogens is 3. The molecule has 7 nitrogen and oxygen atoms in total. The number of carbonyl (C=O) groups is 2. The normalized spacial score (nSPS) is 11.8. The van der Waals surface area contributed by atoms with Crippen molar-refractivity contribution in [1.82, 2.24) is 20.1 Å². The van der Waals surface area contributed by atoms with Gasteiger partial charge < -0.3 is 15.2 Å². The molecule has 0 bridgehead atoms. The van der Waals surface area contributed by atoms with Crippen molar-refractivity contribution in [1.29, 1.82) is 0 Å². The first kappa shape index (κ1) is 25.9. The van der Waals surface area contributed by atoms with Gasteiger partial charge in [0.1, 0.15) is 0 Å². The molecule has 0 unspecified atom stereocenters. The van der Waals surface area contributed by atoms with E-state index in [1.54, 1.807) is 30.7 Å². The zero-order valence-corrected chi connectivity index (χ0v) is 21.7. The molecule has 0 aliphatic carbocycles. The van der Waals surface area contributed by atoms with E-state index >= 15 is 0 Å². The summed E-state index contributed by atoms with van der Waals surface area (Å²) in [7, 11) is 1.74. The molecule has 3 rings (SSSR count). The van der Waals surface area contributed by atoms with Crippen LogP contribution in [0, 0.1) is 0 Å². The number of nitrogens with zero attached hydrogens (tertiary/aromatic N) is 3. The molecule has 0 radical (unpaired) electrons. The summed E-state index contributed by atoms with van der Waals surface area (Å²) in [6.45, 7) is 1.77. The van der Waals surface area contributed by atoms with Crippen molar-refractivity contribution < 1.29 is 9.59 Å². The largest absolute Gasteiger partial charge is 0.342 e. The summed E-state index contributed by atoms with van der Waals surface area (Å²) in [4.78, 5) is 24.9. The van der Waals surface area contributed by atoms with Crippen LogP contribution in [0.5, 0.6) is 0 Å². The van der Waals surface area contributed by atoms with Gasteiger partial charge in [-0.25, -0.2) is 0 Å². The summed E-state index contributed by atoms with van der Waals surface area (Å²) in [6.07, 6.45) is 0. The van der Waals surface area contributed by atoms with E-state index in [4.69, 9.17) is 58.0 Å². The Bertz CT molecular complexity index is 1220. The second kappa shape index (κ2) is 11.2. The molecular formula is C20H16Cl5N5O2S. The molecule has 1 aromatic heterocycles. The summed E-state index contributed by atoms with van der Waals surface area (Å²) < 4.78 is 1.70. The van der Waals surface area contributed by atoms with Gasteiger partial charge in [-0.2, -0.15) is 0 Å². The van der Waals surface area contributed by atoms with Crippen LogP contribution in [-0.2, 0) is 11.8 Å². The standard InChI is InChI=1S/C20H16Cl5N5O2S/c1-9(26-19(32)10-3-4-11(21)12(22)5-10)18-28-29-20(30(18)2)33-8-17(31)27-16-7-14(24)13(23)6-15(16)25/h3-7,9H,8H2,1-2H3,(H,26,32)(H,27,31)/t9-/m1/s1. The van der Waals surface area contributed by atoms with Gasteiger partial charge in [0.15, 0.2) is 11.0 Å². The fourth-order valence-electron chi connectivity index (χ4n) is 2.75. The van der Waals surface area contributed by atoms with Crippen molar-refractivity contribution in [3.8, 4) is 0 Å². The van der Waals surface area contributed by atoms with E-state index in [2.05, 4.69) is 20.8 Å². The van der Waals surface area contributed by atoms with E-state index in [0.717, 1.165) is 0 Å². The van der Waals surface area contributed by atoms with Gasteiger partial charge in [-0.05, 0) is 37.3 Å². The maximum atomic E-state index is 12.5. The Balaban J connectivity index is 1.60. The van der Waals surface area contributed by atoms with Gasteiger partial charge in [-0.1, -0.05) is 69.8 Å². The highest BCUT2D eigenvalue weighted by Crippen LogP contribution is 2.32. The van der Waals surface area contributed by atoms with E-state index in [0.29, 0.717) is 32.3 Å². The summed E-state index contributed by atoms with van der Waals surface area (Å²) in [5.74, 6) is -0.0900. The van der Waals surface area contributed by atoms with Crippen LogP contribution >= 0.6 is 69.8 Å². The Morgan fingerprint density at radius 2 is 1.64 bits per heavy atom. The third-order valence-corrected chi connectivity index (χ3v) is 7.20. The van der Waals surface area contributed by atoms with Gasteiger partial charge in [0.05, 0.1) is 42.6 Å². The zero-order valence-electron chi connectivity index (χ0n) is 17.1. The van der Waals surface area contributed by atoms with Crippen LogP contribution in [0.2, 0.25) is 25.1 Å². The molecule has 33 heavy (non-hydrogen) atoms. The Labute approximate surface area is 219 Å².